The lowest BCUT2D eigenvalue weighted by Crippen LogP contribution is -2.32. The van der Waals surface area contributed by atoms with E-state index in [-0.39, 0.29) is 11.5 Å². The monoisotopic (exact) mass is 403 g/mol. The van der Waals surface area contributed by atoms with E-state index in [1.165, 1.54) is 22.2 Å². The molecule has 1 aliphatic rings. The van der Waals surface area contributed by atoms with Crippen molar-refractivity contribution in [1.29, 1.82) is 0 Å². The van der Waals surface area contributed by atoms with E-state index >= 15 is 0 Å². The molecule has 1 atom stereocenters. The summed E-state index contributed by atoms with van der Waals surface area (Å²) in [5, 5.41) is 0.773. The number of thiophene rings is 1. The van der Waals surface area contributed by atoms with Crippen molar-refractivity contribution in [1.82, 2.24) is 14.9 Å². The van der Waals surface area contributed by atoms with Gasteiger partial charge in [-0.3, -0.25) is 9.59 Å². The van der Waals surface area contributed by atoms with E-state index in [4.69, 9.17) is 0 Å². The molecule has 2 heterocycles. The van der Waals surface area contributed by atoms with Gasteiger partial charge < -0.3 is 9.88 Å². The van der Waals surface area contributed by atoms with Gasteiger partial charge in [-0.15, -0.1) is 36.3 Å². The van der Waals surface area contributed by atoms with Crippen LogP contribution in [-0.4, -0.2) is 39.6 Å². The second kappa shape index (κ2) is 8.89. The van der Waals surface area contributed by atoms with Crippen molar-refractivity contribution in [2.45, 2.75) is 31.9 Å². The first kappa shape index (κ1) is 19.9. The SMILES string of the molecule is C=CCN(CC=C)C(=O)CSCc1nc2sc3c(c2c(=O)[nH]1)CC[C@H](C)C3. The molecule has 0 saturated heterocycles. The predicted molar refractivity (Wildman–Crippen MR) is 115 cm³/mol. The molecule has 0 aliphatic heterocycles. The van der Waals surface area contributed by atoms with Gasteiger partial charge in [0.2, 0.25) is 5.91 Å². The van der Waals surface area contributed by atoms with E-state index in [0.29, 0.717) is 36.3 Å². The number of nitrogens with zero attached hydrogens (tertiary/aromatic N) is 2. The largest absolute Gasteiger partial charge is 0.335 e. The highest BCUT2D eigenvalue weighted by molar-refractivity contribution is 7.99. The first-order valence-corrected chi connectivity index (χ1v) is 11.1. The predicted octanol–water partition coefficient (Wildman–Crippen LogP) is 3.54. The molecule has 1 N–H and O–H groups in total. The van der Waals surface area contributed by atoms with Crippen LogP contribution >= 0.6 is 23.1 Å². The fourth-order valence-corrected chi connectivity index (χ4v) is 5.57. The van der Waals surface area contributed by atoms with Crippen LogP contribution in [-0.2, 0) is 23.4 Å². The Hall–Kier alpha value is -1.86. The minimum absolute atomic E-state index is 0.0313. The van der Waals surface area contributed by atoms with Crippen LogP contribution in [0.15, 0.2) is 30.1 Å². The van der Waals surface area contributed by atoms with Gasteiger partial charge in [-0.2, -0.15) is 0 Å². The molecule has 0 spiro atoms. The number of carbonyl (C=O) groups is 1. The van der Waals surface area contributed by atoms with Crippen LogP contribution in [0, 0.1) is 5.92 Å². The highest BCUT2D eigenvalue weighted by Crippen LogP contribution is 2.35. The number of amides is 1. The number of aromatic nitrogens is 2. The van der Waals surface area contributed by atoms with Crippen LogP contribution in [0.4, 0.5) is 0 Å². The number of thioether (sulfide) groups is 1. The number of rotatable bonds is 8. The number of H-pyrrole nitrogens is 1. The molecule has 0 fully saturated rings. The van der Waals surface area contributed by atoms with E-state index in [1.807, 2.05) is 0 Å². The number of aromatic amines is 1. The van der Waals surface area contributed by atoms with Gasteiger partial charge in [-0.05, 0) is 30.7 Å². The Labute approximate surface area is 167 Å². The first-order valence-electron chi connectivity index (χ1n) is 9.14. The number of carbonyl (C=O) groups excluding carboxylic acids is 1. The second-order valence-corrected chi connectivity index (χ2v) is 8.98. The highest BCUT2D eigenvalue weighted by Gasteiger charge is 2.23. The maximum atomic E-state index is 12.6. The Morgan fingerprint density at radius 2 is 2.15 bits per heavy atom. The molecule has 27 heavy (non-hydrogen) atoms. The summed E-state index contributed by atoms with van der Waals surface area (Å²) in [6, 6.07) is 0. The molecule has 0 saturated carbocycles. The van der Waals surface area contributed by atoms with Crippen LogP contribution in [0.2, 0.25) is 0 Å². The maximum absolute atomic E-state index is 12.6. The summed E-state index contributed by atoms with van der Waals surface area (Å²) >= 11 is 3.11. The van der Waals surface area contributed by atoms with Gasteiger partial charge in [0, 0.05) is 18.0 Å². The summed E-state index contributed by atoms with van der Waals surface area (Å²) in [4.78, 5) is 36.3. The summed E-state index contributed by atoms with van der Waals surface area (Å²) in [5.74, 6) is 2.17. The molecule has 2 aromatic rings. The summed E-state index contributed by atoms with van der Waals surface area (Å²) in [6.07, 6.45) is 6.55. The van der Waals surface area contributed by atoms with Crippen molar-refractivity contribution in [2.24, 2.45) is 5.92 Å². The molecule has 5 nitrogen and oxygen atoms in total. The number of aryl methyl sites for hydroxylation is 1. The zero-order valence-corrected chi connectivity index (χ0v) is 17.3. The van der Waals surface area contributed by atoms with Gasteiger partial charge >= 0.3 is 0 Å². The Balaban J connectivity index is 1.69. The Bertz CT molecular complexity index is 906. The summed E-state index contributed by atoms with van der Waals surface area (Å²) in [5.41, 5.74) is 1.15. The Morgan fingerprint density at radius 1 is 1.41 bits per heavy atom. The van der Waals surface area contributed by atoms with E-state index in [2.05, 4.69) is 30.0 Å². The van der Waals surface area contributed by atoms with Crippen molar-refractivity contribution in [3.8, 4) is 0 Å². The normalized spacial score (nSPS) is 16.1. The van der Waals surface area contributed by atoms with E-state index in [9.17, 15) is 9.59 Å². The molecule has 1 amide bonds. The third-order valence-corrected chi connectivity index (χ3v) is 6.81. The van der Waals surface area contributed by atoms with Crippen LogP contribution < -0.4 is 5.56 Å². The smallest absolute Gasteiger partial charge is 0.259 e. The van der Waals surface area contributed by atoms with Crippen molar-refractivity contribution in [2.75, 3.05) is 18.8 Å². The lowest BCUT2D eigenvalue weighted by atomic mass is 9.89. The standard InChI is InChI=1S/C20H25N3O2S2/c1-4-8-23(9-5-2)17(24)12-26-11-16-21-19(25)18-14-7-6-13(3)10-15(14)27-20(18)22-16/h4-5,13H,1-2,6-12H2,3H3,(H,21,22,25)/t13-/m0/s1. The zero-order chi connectivity index (χ0) is 19.4. The summed E-state index contributed by atoms with van der Waals surface area (Å²) in [6.45, 7) is 10.6. The fourth-order valence-electron chi connectivity index (χ4n) is 3.38. The maximum Gasteiger partial charge on any atom is 0.259 e. The third kappa shape index (κ3) is 4.52. The van der Waals surface area contributed by atoms with Gasteiger partial charge in [0.25, 0.3) is 5.56 Å². The highest BCUT2D eigenvalue weighted by atomic mass is 32.2. The van der Waals surface area contributed by atoms with Crippen LogP contribution in [0.3, 0.4) is 0 Å². The molecule has 1 aliphatic carbocycles. The molecule has 3 rings (SSSR count). The minimum atomic E-state index is -0.0473. The van der Waals surface area contributed by atoms with Crippen molar-refractivity contribution in [3.63, 3.8) is 0 Å². The topological polar surface area (TPSA) is 66.1 Å². The summed E-state index contributed by atoms with van der Waals surface area (Å²) in [7, 11) is 0. The number of nitrogens with one attached hydrogen (secondary N) is 1. The van der Waals surface area contributed by atoms with E-state index in [1.54, 1.807) is 28.4 Å². The Morgan fingerprint density at radius 3 is 2.85 bits per heavy atom. The second-order valence-electron chi connectivity index (χ2n) is 6.91. The van der Waals surface area contributed by atoms with Gasteiger partial charge in [0.05, 0.1) is 16.9 Å². The molecule has 0 radical (unpaired) electrons. The first-order chi connectivity index (χ1) is 13.0. The molecule has 2 aromatic heterocycles. The number of hydrogen-bond acceptors (Lipinski definition) is 5. The molecule has 0 bridgehead atoms. The van der Waals surface area contributed by atoms with E-state index < -0.39 is 0 Å². The lowest BCUT2D eigenvalue weighted by molar-refractivity contribution is -0.127. The van der Waals surface area contributed by atoms with Crippen molar-refractivity contribution < 1.29 is 4.79 Å². The zero-order valence-electron chi connectivity index (χ0n) is 15.6. The van der Waals surface area contributed by atoms with Gasteiger partial charge in [0.15, 0.2) is 0 Å². The van der Waals surface area contributed by atoms with Gasteiger partial charge in [-0.25, -0.2) is 4.98 Å². The molecule has 7 heteroatoms. The lowest BCUT2D eigenvalue weighted by Gasteiger charge is -2.18. The van der Waals surface area contributed by atoms with Crippen molar-refractivity contribution in [3.05, 3.63) is 51.9 Å². The third-order valence-electron chi connectivity index (χ3n) is 4.73. The minimum Gasteiger partial charge on any atom is -0.335 e. The number of fused-ring (bicyclic) bond motifs is 3. The van der Waals surface area contributed by atoms with Crippen LogP contribution in [0.1, 0.15) is 29.6 Å². The van der Waals surface area contributed by atoms with Gasteiger partial charge in [-0.1, -0.05) is 19.1 Å². The molecule has 0 aromatic carbocycles. The van der Waals surface area contributed by atoms with Gasteiger partial charge in [0.1, 0.15) is 10.7 Å². The van der Waals surface area contributed by atoms with Crippen LogP contribution in [0.25, 0.3) is 10.2 Å². The molecular weight excluding hydrogens is 378 g/mol. The molecule has 0 unspecified atom stereocenters. The average Bonchev–Trinajstić information content (AvgIpc) is 2.99. The average molecular weight is 404 g/mol. The number of hydrogen-bond donors (Lipinski definition) is 1. The summed E-state index contributed by atoms with van der Waals surface area (Å²) < 4.78 is 0. The molecular formula is C20H25N3O2S2. The van der Waals surface area contributed by atoms with Crippen LogP contribution in [0.5, 0.6) is 0 Å². The van der Waals surface area contributed by atoms with Crippen molar-refractivity contribution >= 4 is 39.2 Å². The fraction of sp³-hybridized carbons (Fsp3) is 0.450. The molecule has 144 valence electrons. The van der Waals surface area contributed by atoms with E-state index in [0.717, 1.165) is 29.5 Å². The Kier molecular flexibility index (Phi) is 6.55. The quantitative estimate of drug-likeness (QED) is 0.685.